The van der Waals surface area contributed by atoms with Gasteiger partial charge in [0.2, 0.25) is 0 Å². The number of aromatic carboxylic acids is 1. The molecule has 20 heavy (non-hydrogen) atoms. The van der Waals surface area contributed by atoms with Crippen molar-refractivity contribution in [3.05, 3.63) is 29.6 Å². The van der Waals surface area contributed by atoms with Gasteiger partial charge in [0, 0.05) is 6.04 Å². The van der Waals surface area contributed by atoms with Gasteiger partial charge in [-0.2, -0.15) is 0 Å². The van der Waals surface area contributed by atoms with Gasteiger partial charge < -0.3 is 15.7 Å². The molecule has 0 aromatic heterocycles. The Morgan fingerprint density at radius 1 is 1.35 bits per heavy atom. The van der Waals surface area contributed by atoms with Crippen LogP contribution in [0.25, 0.3) is 0 Å². The summed E-state index contributed by atoms with van der Waals surface area (Å²) in [6.07, 6.45) is 2.87. The minimum atomic E-state index is -1.41. The molecule has 2 unspecified atom stereocenters. The molecule has 3 N–H and O–H groups in total. The third-order valence-electron chi connectivity index (χ3n) is 3.51. The van der Waals surface area contributed by atoms with E-state index in [1.807, 2.05) is 0 Å². The van der Waals surface area contributed by atoms with Gasteiger partial charge in [-0.05, 0) is 37.3 Å². The molecule has 1 aromatic carbocycles. The molecule has 1 saturated carbocycles. The second kappa shape index (κ2) is 5.90. The average molecular weight is 280 g/mol. The molecule has 0 spiro atoms. The predicted octanol–water partition coefficient (Wildman–Crippen LogP) is 2.83. The summed E-state index contributed by atoms with van der Waals surface area (Å²) in [5, 5.41) is 14.1. The molecule has 1 aromatic rings. The first kappa shape index (κ1) is 14.3. The molecule has 108 valence electrons. The van der Waals surface area contributed by atoms with Gasteiger partial charge in [0.15, 0.2) is 0 Å². The molecule has 2 amide bonds. The predicted molar refractivity (Wildman–Crippen MR) is 72.3 cm³/mol. The Bertz CT molecular complexity index is 533. The van der Waals surface area contributed by atoms with E-state index in [4.69, 9.17) is 5.11 Å². The number of rotatable bonds is 3. The molecule has 2 rings (SSSR count). The van der Waals surface area contributed by atoms with Crippen molar-refractivity contribution < 1.29 is 19.1 Å². The molecule has 0 saturated heterocycles. The third kappa shape index (κ3) is 3.26. The number of anilines is 1. The maximum Gasteiger partial charge on any atom is 0.340 e. The summed E-state index contributed by atoms with van der Waals surface area (Å²) in [7, 11) is 0. The Kier molecular flexibility index (Phi) is 4.22. The number of carboxylic acids is 1. The fourth-order valence-electron chi connectivity index (χ4n) is 2.53. The second-order valence-corrected chi connectivity index (χ2v) is 5.18. The van der Waals surface area contributed by atoms with Crippen LogP contribution >= 0.6 is 0 Å². The molecular formula is C14H17FN2O3. The van der Waals surface area contributed by atoms with E-state index in [1.165, 1.54) is 12.1 Å². The number of amides is 2. The first-order valence-corrected chi connectivity index (χ1v) is 6.56. The highest BCUT2D eigenvalue weighted by Gasteiger charge is 2.23. The highest BCUT2D eigenvalue weighted by atomic mass is 19.1. The van der Waals surface area contributed by atoms with Crippen LogP contribution in [-0.4, -0.2) is 23.1 Å². The first-order chi connectivity index (χ1) is 9.47. The molecule has 0 radical (unpaired) electrons. The largest absolute Gasteiger partial charge is 0.478 e. The van der Waals surface area contributed by atoms with Crippen molar-refractivity contribution in [1.29, 1.82) is 0 Å². The van der Waals surface area contributed by atoms with Crippen molar-refractivity contribution in [2.75, 3.05) is 5.32 Å². The van der Waals surface area contributed by atoms with Crippen molar-refractivity contribution in [2.24, 2.45) is 5.92 Å². The normalized spacial score (nSPS) is 21.5. The van der Waals surface area contributed by atoms with Crippen LogP contribution in [0.2, 0.25) is 0 Å². The standard InChI is InChI=1S/C14H17FN2O3/c1-8-5-6-9(7-8)16-14(20)17-11-4-2-3-10(15)12(11)13(18)19/h2-4,8-9H,5-7H2,1H3,(H,18,19)(H2,16,17,20). The summed E-state index contributed by atoms with van der Waals surface area (Å²) in [6.45, 7) is 2.12. The Hall–Kier alpha value is -2.11. The number of carbonyl (C=O) groups is 2. The third-order valence-corrected chi connectivity index (χ3v) is 3.51. The minimum Gasteiger partial charge on any atom is -0.478 e. The van der Waals surface area contributed by atoms with Gasteiger partial charge in [0.1, 0.15) is 11.4 Å². The number of benzene rings is 1. The molecule has 5 nitrogen and oxygen atoms in total. The van der Waals surface area contributed by atoms with Crippen LogP contribution in [0.1, 0.15) is 36.5 Å². The van der Waals surface area contributed by atoms with Gasteiger partial charge in [-0.3, -0.25) is 0 Å². The van der Waals surface area contributed by atoms with Crippen molar-refractivity contribution in [3.63, 3.8) is 0 Å². The molecule has 0 bridgehead atoms. The van der Waals surface area contributed by atoms with E-state index < -0.39 is 23.4 Å². The van der Waals surface area contributed by atoms with Gasteiger partial charge in [-0.1, -0.05) is 13.0 Å². The van der Waals surface area contributed by atoms with Crippen molar-refractivity contribution >= 4 is 17.7 Å². The Balaban J connectivity index is 2.04. The van der Waals surface area contributed by atoms with E-state index in [0.29, 0.717) is 5.92 Å². The molecule has 0 aliphatic heterocycles. The van der Waals surface area contributed by atoms with Crippen LogP contribution in [0.3, 0.4) is 0 Å². The monoisotopic (exact) mass is 280 g/mol. The Morgan fingerprint density at radius 2 is 2.10 bits per heavy atom. The van der Waals surface area contributed by atoms with Gasteiger partial charge in [0.25, 0.3) is 0 Å². The molecule has 1 aliphatic carbocycles. The summed E-state index contributed by atoms with van der Waals surface area (Å²) >= 11 is 0. The summed E-state index contributed by atoms with van der Waals surface area (Å²) in [6, 6.07) is 3.35. The highest BCUT2D eigenvalue weighted by Crippen LogP contribution is 2.25. The molecule has 1 fully saturated rings. The van der Waals surface area contributed by atoms with Gasteiger partial charge in [-0.25, -0.2) is 14.0 Å². The van der Waals surface area contributed by atoms with Crippen LogP contribution < -0.4 is 10.6 Å². The summed E-state index contributed by atoms with van der Waals surface area (Å²) in [5.74, 6) is -1.71. The molecule has 6 heteroatoms. The SMILES string of the molecule is CC1CCC(NC(=O)Nc2cccc(F)c2C(=O)O)C1. The van der Waals surface area contributed by atoms with E-state index >= 15 is 0 Å². The lowest BCUT2D eigenvalue weighted by Gasteiger charge is -2.14. The van der Waals surface area contributed by atoms with Gasteiger partial charge in [0.05, 0.1) is 5.69 Å². The topological polar surface area (TPSA) is 78.4 Å². The molecule has 0 heterocycles. The average Bonchev–Trinajstić information content (AvgIpc) is 2.74. The molecular weight excluding hydrogens is 263 g/mol. The van der Waals surface area contributed by atoms with Crippen molar-refractivity contribution in [1.82, 2.24) is 5.32 Å². The van der Waals surface area contributed by atoms with Gasteiger partial charge >= 0.3 is 12.0 Å². The number of urea groups is 1. The van der Waals surface area contributed by atoms with Crippen molar-refractivity contribution in [3.8, 4) is 0 Å². The summed E-state index contributed by atoms with van der Waals surface area (Å²) < 4.78 is 13.5. The number of nitrogens with one attached hydrogen (secondary N) is 2. The summed E-state index contributed by atoms with van der Waals surface area (Å²) in [4.78, 5) is 22.8. The van der Waals surface area contributed by atoms with Crippen LogP contribution in [0, 0.1) is 11.7 Å². The number of carbonyl (C=O) groups excluding carboxylic acids is 1. The van der Waals surface area contributed by atoms with E-state index in [0.717, 1.165) is 25.3 Å². The van der Waals surface area contributed by atoms with E-state index in [9.17, 15) is 14.0 Å². The quantitative estimate of drug-likeness (QED) is 0.796. The maximum absolute atomic E-state index is 13.5. The van der Waals surface area contributed by atoms with Crippen LogP contribution in [0.4, 0.5) is 14.9 Å². The zero-order chi connectivity index (χ0) is 14.7. The number of hydrogen-bond donors (Lipinski definition) is 3. The number of carboxylic acid groups (broad SMARTS) is 1. The fraction of sp³-hybridized carbons (Fsp3) is 0.429. The smallest absolute Gasteiger partial charge is 0.340 e. The van der Waals surface area contributed by atoms with Crippen molar-refractivity contribution in [2.45, 2.75) is 32.2 Å². The second-order valence-electron chi connectivity index (χ2n) is 5.18. The van der Waals surface area contributed by atoms with E-state index in [2.05, 4.69) is 17.6 Å². The zero-order valence-corrected chi connectivity index (χ0v) is 11.1. The molecule has 2 atom stereocenters. The molecule has 1 aliphatic rings. The fourth-order valence-corrected chi connectivity index (χ4v) is 2.53. The van der Waals surface area contributed by atoms with Crippen LogP contribution in [0.15, 0.2) is 18.2 Å². The highest BCUT2D eigenvalue weighted by molar-refractivity contribution is 6.00. The first-order valence-electron chi connectivity index (χ1n) is 6.56. The minimum absolute atomic E-state index is 0.0407. The lowest BCUT2D eigenvalue weighted by atomic mass is 10.1. The van der Waals surface area contributed by atoms with E-state index in [-0.39, 0.29) is 11.7 Å². The summed E-state index contributed by atoms with van der Waals surface area (Å²) in [5.41, 5.74) is -0.566. The maximum atomic E-state index is 13.5. The number of halogens is 1. The van der Waals surface area contributed by atoms with E-state index in [1.54, 1.807) is 0 Å². The lowest BCUT2D eigenvalue weighted by molar-refractivity contribution is 0.0693. The Morgan fingerprint density at radius 3 is 2.70 bits per heavy atom. The van der Waals surface area contributed by atoms with Gasteiger partial charge in [-0.15, -0.1) is 0 Å². The lowest BCUT2D eigenvalue weighted by Crippen LogP contribution is -2.36. The van der Waals surface area contributed by atoms with Crippen LogP contribution in [-0.2, 0) is 0 Å². The zero-order valence-electron chi connectivity index (χ0n) is 11.1. The Labute approximate surface area is 116 Å². The number of hydrogen-bond acceptors (Lipinski definition) is 2. The van der Waals surface area contributed by atoms with Crippen LogP contribution in [0.5, 0.6) is 0 Å².